The lowest BCUT2D eigenvalue weighted by molar-refractivity contribution is 0.0415. The lowest BCUT2D eigenvalue weighted by Crippen LogP contribution is -2.49. The Labute approximate surface area is 106 Å². The summed E-state index contributed by atoms with van der Waals surface area (Å²) in [6, 6.07) is 0.718. The second-order valence-electron chi connectivity index (χ2n) is 6.74. The molecule has 0 aromatic carbocycles. The third kappa shape index (κ3) is 2.53. The quantitative estimate of drug-likeness (QED) is 0.816. The highest BCUT2D eigenvalue weighted by molar-refractivity contribution is 4.94. The Kier molecular flexibility index (Phi) is 3.45. The lowest BCUT2D eigenvalue weighted by Gasteiger charge is -2.46. The van der Waals surface area contributed by atoms with Crippen molar-refractivity contribution in [3.63, 3.8) is 0 Å². The van der Waals surface area contributed by atoms with Crippen molar-refractivity contribution in [2.75, 3.05) is 19.6 Å². The third-order valence-electron chi connectivity index (χ3n) is 5.65. The Hall–Kier alpha value is -0.0800. The highest BCUT2D eigenvalue weighted by Gasteiger charge is 2.40. The van der Waals surface area contributed by atoms with Gasteiger partial charge in [0.05, 0.1) is 0 Å². The first-order valence-corrected chi connectivity index (χ1v) is 7.77. The highest BCUT2D eigenvalue weighted by atomic mass is 15.2. The summed E-state index contributed by atoms with van der Waals surface area (Å²) in [5.41, 5.74) is 6.72. The van der Waals surface area contributed by atoms with Crippen LogP contribution in [0.4, 0.5) is 0 Å². The molecular formula is C15H28N2. The summed E-state index contributed by atoms with van der Waals surface area (Å²) in [5, 5.41) is 0. The summed E-state index contributed by atoms with van der Waals surface area (Å²) in [6.45, 7) is 3.55. The van der Waals surface area contributed by atoms with Gasteiger partial charge in [-0.15, -0.1) is 0 Å². The van der Waals surface area contributed by atoms with Crippen molar-refractivity contribution in [3.8, 4) is 0 Å². The third-order valence-corrected chi connectivity index (χ3v) is 5.65. The number of nitrogens with zero attached hydrogens (tertiary/aromatic N) is 1. The second-order valence-corrected chi connectivity index (χ2v) is 6.74. The maximum atomic E-state index is 5.97. The monoisotopic (exact) mass is 236 g/mol. The van der Waals surface area contributed by atoms with Crippen molar-refractivity contribution in [1.29, 1.82) is 0 Å². The Morgan fingerprint density at radius 1 is 1.00 bits per heavy atom. The van der Waals surface area contributed by atoms with E-state index in [0.29, 0.717) is 0 Å². The molecule has 98 valence electrons. The molecule has 1 unspecified atom stereocenters. The van der Waals surface area contributed by atoms with E-state index < -0.39 is 0 Å². The number of piperidine rings is 1. The van der Waals surface area contributed by atoms with Gasteiger partial charge in [-0.2, -0.15) is 0 Å². The number of rotatable bonds is 3. The largest absolute Gasteiger partial charge is 0.329 e. The van der Waals surface area contributed by atoms with E-state index >= 15 is 0 Å². The van der Waals surface area contributed by atoms with E-state index in [2.05, 4.69) is 4.90 Å². The van der Waals surface area contributed by atoms with Crippen LogP contribution < -0.4 is 5.73 Å². The molecule has 2 saturated carbocycles. The topological polar surface area (TPSA) is 29.3 Å². The molecule has 1 saturated heterocycles. The normalized spacial score (nSPS) is 31.6. The van der Waals surface area contributed by atoms with Crippen molar-refractivity contribution in [2.24, 2.45) is 17.1 Å². The standard InChI is InChI=1S/C15H28N2/c16-12-14(13-4-5-13)17-10-8-15(9-11-17)6-2-1-3-7-15/h13-14H,1-12,16H2. The van der Waals surface area contributed by atoms with E-state index in [1.54, 1.807) is 0 Å². The van der Waals surface area contributed by atoms with E-state index in [0.717, 1.165) is 23.9 Å². The Morgan fingerprint density at radius 2 is 1.65 bits per heavy atom. The van der Waals surface area contributed by atoms with Gasteiger partial charge in [-0.1, -0.05) is 19.3 Å². The van der Waals surface area contributed by atoms with Crippen molar-refractivity contribution >= 4 is 0 Å². The molecular weight excluding hydrogens is 208 g/mol. The molecule has 0 radical (unpaired) electrons. The van der Waals surface area contributed by atoms with Gasteiger partial charge in [0.25, 0.3) is 0 Å². The number of hydrogen-bond donors (Lipinski definition) is 1. The van der Waals surface area contributed by atoms with Crippen molar-refractivity contribution < 1.29 is 0 Å². The highest BCUT2D eigenvalue weighted by Crippen LogP contribution is 2.46. The second kappa shape index (κ2) is 4.89. The predicted molar refractivity (Wildman–Crippen MR) is 71.9 cm³/mol. The summed E-state index contributed by atoms with van der Waals surface area (Å²) in [5.74, 6) is 0.945. The van der Waals surface area contributed by atoms with Crippen LogP contribution in [0.5, 0.6) is 0 Å². The van der Waals surface area contributed by atoms with E-state index in [1.807, 2.05) is 0 Å². The van der Waals surface area contributed by atoms with Crippen LogP contribution in [0.25, 0.3) is 0 Å². The SMILES string of the molecule is NCC(C1CC1)N1CCC2(CCCCC2)CC1. The molecule has 17 heavy (non-hydrogen) atoms. The molecule has 3 aliphatic rings. The molecule has 1 spiro atoms. The van der Waals surface area contributed by atoms with Crippen LogP contribution in [0.1, 0.15) is 57.8 Å². The molecule has 3 rings (SSSR count). The van der Waals surface area contributed by atoms with Gasteiger partial charge in [-0.3, -0.25) is 4.90 Å². The van der Waals surface area contributed by atoms with Gasteiger partial charge in [0, 0.05) is 12.6 Å². The summed E-state index contributed by atoms with van der Waals surface area (Å²) in [4.78, 5) is 2.72. The van der Waals surface area contributed by atoms with E-state index in [1.165, 1.54) is 70.9 Å². The van der Waals surface area contributed by atoms with E-state index in [9.17, 15) is 0 Å². The fraction of sp³-hybridized carbons (Fsp3) is 1.00. The Morgan fingerprint density at radius 3 is 2.18 bits per heavy atom. The fourth-order valence-electron chi connectivity index (χ4n) is 4.25. The van der Waals surface area contributed by atoms with Crippen molar-refractivity contribution in [2.45, 2.75) is 63.8 Å². The zero-order chi connectivity index (χ0) is 11.7. The smallest absolute Gasteiger partial charge is 0.0246 e. The molecule has 2 nitrogen and oxygen atoms in total. The number of hydrogen-bond acceptors (Lipinski definition) is 2. The summed E-state index contributed by atoms with van der Waals surface area (Å²) in [6.07, 6.45) is 13.3. The minimum absolute atomic E-state index is 0.718. The van der Waals surface area contributed by atoms with Crippen LogP contribution in [0, 0.1) is 11.3 Å². The van der Waals surface area contributed by atoms with Gasteiger partial charge >= 0.3 is 0 Å². The maximum absolute atomic E-state index is 5.97. The zero-order valence-electron chi connectivity index (χ0n) is 11.2. The van der Waals surface area contributed by atoms with Crippen LogP contribution in [0.3, 0.4) is 0 Å². The molecule has 1 aliphatic heterocycles. The molecule has 2 heteroatoms. The zero-order valence-corrected chi connectivity index (χ0v) is 11.2. The maximum Gasteiger partial charge on any atom is 0.0246 e. The predicted octanol–water partition coefficient (Wildman–Crippen LogP) is 2.77. The first-order valence-electron chi connectivity index (χ1n) is 7.77. The first-order chi connectivity index (χ1) is 8.33. The Bertz CT molecular complexity index is 244. The van der Waals surface area contributed by atoms with Crippen molar-refractivity contribution in [1.82, 2.24) is 4.90 Å². The van der Waals surface area contributed by atoms with Gasteiger partial charge in [-0.25, -0.2) is 0 Å². The average Bonchev–Trinajstić information content (AvgIpc) is 3.19. The van der Waals surface area contributed by atoms with Gasteiger partial charge in [-0.05, 0) is 62.9 Å². The molecule has 0 amide bonds. The average molecular weight is 236 g/mol. The van der Waals surface area contributed by atoms with E-state index in [4.69, 9.17) is 5.73 Å². The molecule has 2 aliphatic carbocycles. The first kappa shape index (κ1) is 12.0. The number of nitrogens with two attached hydrogens (primary N) is 1. The Balaban J connectivity index is 1.55. The lowest BCUT2D eigenvalue weighted by atomic mass is 9.68. The molecule has 1 heterocycles. The minimum Gasteiger partial charge on any atom is -0.329 e. The summed E-state index contributed by atoms with van der Waals surface area (Å²) in [7, 11) is 0. The minimum atomic E-state index is 0.718. The van der Waals surface area contributed by atoms with Crippen molar-refractivity contribution in [3.05, 3.63) is 0 Å². The molecule has 2 N–H and O–H groups in total. The van der Waals surface area contributed by atoms with Crippen LogP contribution in [0.2, 0.25) is 0 Å². The van der Waals surface area contributed by atoms with Crippen LogP contribution in [-0.4, -0.2) is 30.6 Å². The van der Waals surface area contributed by atoms with Gasteiger partial charge < -0.3 is 5.73 Å². The molecule has 3 fully saturated rings. The molecule has 1 atom stereocenters. The summed E-state index contributed by atoms with van der Waals surface area (Å²) >= 11 is 0. The number of likely N-dealkylation sites (tertiary alicyclic amines) is 1. The van der Waals surface area contributed by atoms with E-state index in [-0.39, 0.29) is 0 Å². The summed E-state index contributed by atoms with van der Waals surface area (Å²) < 4.78 is 0. The van der Waals surface area contributed by atoms with Gasteiger partial charge in [0.1, 0.15) is 0 Å². The molecule has 0 aromatic heterocycles. The van der Waals surface area contributed by atoms with Gasteiger partial charge in [0.15, 0.2) is 0 Å². The van der Waals surface area contributed by atoms with Gasteiger partial charge in [0.2, 0.25) is 0 Å². The van der Waals surface area contributed by atoms with Crippen LogP contribution in [0.15, 0.2) is 0 Å². The van der Waals surface area contributed by atoms with Crippen LogP contribution in [-0.2, 0) is 0 Å². The van der Waals surface area contributed by atoms with Crippen LogP contribution >= 0.6 is 0 Å². The fourth-order valence-corrected chi connectivity index (χ4v) is 4.25. The molecule has 0 aromatic rings. The molecule has 0 bridgehead atoms.